The number of benzene rings is 1. The van der Waals surface area contributed by atoms with Crippen LogP contribution in [0.25, 0.3) is 0 Å². The summed E-state index contributed by atoms with van der Waals surface area (Å²) >= 11 is 0. The van der Waals surface area contributed by atoms with Gasteiger partial charge in [0, 0.05) is 19.2 Å². The fourth-order valence-electron chi connectivity index (χ4n) is 2.38. The zero-order valence-electron chi connectivity index (χ0n) is 11.1. The van der Waals surface area contributed by atoms with Crippen LogP contribution in [0.3, 0.4) is 0 Å². The van der Waals surface area contributed by atoms with E-state index in [1.807, 2.05) is 17.9 Å². The summed E-state index contributed by atoms with van der Waals surface area (Å²) in [5, 5.41) is 12.1. The Balaban J connectivity index is 2.43. The lowest BCUT2D eigenvalue weighted by molar-refractivity contribution is -0.123. The number of carbonyl (C=O) groups is 1. The van der Waals surface area contributed by atoms with Crippen LogP contribution >= 0.6 is 0 Å². The molecule has 5 nitrogen and oxygen atoms in total. The topological polar surface area (TPSA) is 65.4 Å². The van der Waals surface area contributed by atoms with E-state index in [-0.39, 0.29) is 11.9 Å². The Hall–Kier alpha value is -2.22. The van der Waals surface area contributed by atoms with Crippen LogP contribution in [0, 0.1) is 11.3 Å². The molecular formula is C14H17N3O2. The molecule has 0 bridgehead atoms. The molecule has 1 atom stereocenters. The first kappa shape index (κ1) is 13.2. The smallest absolute Gasteiger partial charge is 0.242 e. The van der Waals surface area contributed by atoms with Crippen molar-refractivity contribution in [2.24, 2.45) is 0 Å². The van der Waals surface area contributed by atoms with Gasteiger partial charge in [-0.05, 0) is 18.6 Å². The molecule has 1 fully saturated rings. The van der Waals surface area contributed by atoms with Gasteiger partial charge in [-0.25, -0.2) is 0 Å². The predicted octanol–water partition coefficient (Wildman–Crippen LogP) is 1.28. The summed E-state index contributed by atoms with van der Waals surface area (Å²) in [7, 11) is 1.59. The van der Waals surface area contributed by atoms with E-state index in [4.69, 9.17) is 4.74 Å². The molecule has 100 valence electrons. The van der Waals surface area contributed by atoms with Crippen molar-refractivity contribution in [1.29, 1.82) is 5.26 Å². The highest BCUT2D eigenvalue weighted by molar-refractivity contribution is 5.87. The fourth-order valence-corrected chi connectivity index (χ4v) is 2.38. The molecule has 1 amide bonds. The van der Waals surface area contributed by atoms with E-state index in [1.165, 1.54) is 0 Å². The quantitative estimate of drug-likeness (QED) is 0.888. The van der Waals surface area contributed by atoms with E-state index in [0.29, 0.717) is 30.8 Å². The lowest BCUT2D eigenvalue weighted by Crippen LogP contribution is -2.55. The van der Waals surface area contributed by atoms with E-state index in [0.717, 1.165) is 5.69 Å². The normalized spacial score (nSPS) is 18.7. The van der Waals surface area contributed by atoms with Crippen LogP contribution in [-0.2, 0) is 4.79 Å². The van der Waals surface area contributed by atoms with Crippen molar-refractivity contribution in [3.63, 3.8) is 0 Å². The maximum Gasteiger partial charge on any atom is 0.242 e. The number of nitrogens with one attached hydrogen (secondary N) is 1. The lowest BCUT2D eigenvalue weighted by Gasteiger charge is -2.36. The number of anilines is 1. The Kier molecular flexibility index (Phi) is 3.91. The summed E-state index contributed by atoms with van der Waals surface area (Å²) in [6.07, 6.45) is 0.702. The van der Waals surface area contributed by atoms with Crippen LogP contribution < -0.4 is 15.0 Å². The number of ether oxygens (including phenoxy) is 1. The molecule has 0 spiro atoms. The maximum atomic E-state index is 11.9. The third-order valence-corrected chi connectivity index (χ3v) is 3.35. The molecule has 5 heteroatoms. The second-order valence-corrected chi connectivity index (χ2v) is 4.40. The third-order valence-electron chi connectivity index (χ3n) is 3.35. The van der Waals surface area contributed by atoms with Crippen molar-refractivity contribution in [2.45, 2.75) is 19.4 Å². The first-order chi connectivity index (χ1) is 9.21. The molecule has 1 heterocycles. The van der Waals surface area contributed by atoms with Gasteiger partial charge in [0.05, 0.1) is 18.4 Å². The number of piperazine rings is 1. The van der Waals surface area contributed by atoms with Crippen molar-refractivity contribution >= 4 is 11.6 Å². The van der Waals surface area contributed by atoms with Crippen molar-refractivity contribution in [3.05, 3.63) is 23.8 Å². The molecule has 1 N–H and O–H groups in total. The molecule has 1 saturated heterocycles. The SMILES string of the molecule is CCC1C(=O)NCCN1c1cc(OC)ccc1C#N. The van der Waals surface area contributed by atoms with Gasteiger partial charge in [-0.1, -0.05) is 6.92 Å². The number of nitriles is 1. The molecule has 1 aromatic carbocycles. The van der Waals surface area contributed by atoms with Crippen molar-refractivity contribution in [1.82, 2.24) is 5.32 Å². The highest BCUT2D eigenvalue weighted by Crippen LogP contribution is 2.28. The third kappa shape index (κ3) is 2.48. The molecule has 0 aliphatic carbocycles. The van der Waals surface area contributed by atoms with Gasteiger partial charge < -0.3 is 15.0 Å². The van der Waals surface area contributed by atoms with Gasteiger partial charge in [-0.3, -0.25) is 4.79 Å². The second-order valence-electron chi connectivity index (χ2n) is 4.40. The number of carbonyl (C=O) groups excluding carboxylic acids is 1. The minimum absolute atomic E-state index is 0.0143. The van der Waals surface area contributed by atoms with Crippen molar-refractivity contribution < 1.29 is 9.53 Å². The van der Waals surface area contributed by atoms with Crippen molar-refractivity contribution in [2.75, 3.05) is 25.1 Å². The van der Waals surface area contributed by atoms with E-state index < -0.39 is 0 Å². The number of hydrogen-bond donors (Lipinski definition) is 1. The van der Waals surface area contributed by atoms with Gasteiger partial charge in [-0.15, -0.1) is 0 Å². The number of rotatable bonds is 3. The minimum atomic E-state index is -0.229. The summed E-state index contributed by atoms with van der Waals surface area (Å²) in [4.78, 5) is 13.9. The van der Waals surface area contributed by atoms with Gasteiger partial charge in [0.2, 0.25) is 5.91 Å². The first-order valence-corrected chi connectivity index (χ1v) is 6.33. The lowest BCUT2D eigenvalue weighted by atomic mass is 10.1. The van der Waals surface area contributed by atoms with Crippen LogP contribution in [0.15, 0.2) is 18.2 Å². The molecular weight excluding hydrogens is 242 g/mol. The Morgan fingerprint density at radius 3 is 3.00 bits per heavy atom. The van der Waals surface area contributed by atoms with Crippen LogP contribution in [0.4, 0.5) is 5.69 Å². The minimum Gasteiger partial charge on any atom is -0.497 e. The molecule has 1 aliphatic heterocycles. The Bertz CT molecular complexity index is 522. The van der Waals surface area contributed by atoms with Crippen LogP contribution in [0.1, 0.15) is 18.9 Å². The Morgan fingerprint density at radius 2 is 2.37 bits per heavy atom. The van der Waals surface area contributed by atoms with Gasteiger partial charge in [0.25, 0.3) is 0 Å². The zero-order chi connectivity index (χ0) is 13.8. The fraction of sp³-hybridized carbons (Fsp3) is 0.429. The standard InChI is InChI=1S/C14H17N3O2/c1-3-12-14(18)16-6-7-17(12)13-8-11(19-2)5-4-10(13)9-15/h4-5,8,12H,3,6-7H2,1-2H3,(H,16,18). The van der Waals surface area contributed by atoms with Gasteiger partial charge in [-0.2, -0.15) is 5.26 Å². The van der Waals surface area contributed by atoms with E-state index >= 15 is 0 Å². The average Bonchev–Trinajstić information content (AvgIpc) is 2.46. The van der Waals surface area contributed by atoms with Gasteiger partial charge in [0.1, 0.15) is 17.9 Å². The Morgan fingerprint density at radius 1 is 1.58 bits per heavy atom. The summed E-state index contributed by atoms with van der Waals surface area (Å²) in [5.41, 5.74) is 1.33. The van der Waals surface area contributed by atoms with Crippen LogP contribution in [-0.4, -0.2) is 32.1 Å². The van der Waals surface area contributed by atoms with Crippen molar-refractivity contribution in [3.8, 4) is 11.8 Å². The molecule has 1 unspecified atom stereocenters. The van der Waals surface area contributed by atoms with Gasteiger partial charge in [0.15, 0.2) is 0 Å². The number of methoxy groups -OCH3 is 1. The molecule has 19 heavy (non-hydrogen) atoms. The summed E-state index contributed by atoms with van der Waals surface area (Å²) in [6, 6.07) is 7.25. The van der Waals surface area contributed by atoms with Crippen LogP contribution in [0.5, 0.6) is 5.75 Å². The largest absolute Gasteiger partial charge is 0.497 e. The molecule has 0 saturated carbocycles. The number of hydrogen-bond acceptors (Lipinski definition) is 4. The number of nitrogens with zero attached hydrogens (tertiary/aromatic N) is 2. The first-order valence-electron chi connectivity index (χ1n) is 6.33. The number of amides is 1. The highest BCUT2D eigenvalue weighted by atomic mass is 16.5. The van der Waals surface area contributed by atoms with E-state index in [9.17, 15) is 10.1 Å². The van der Waals surface area contributed by atoms with Crippen LogP contribution in [0.2, 0.25) is 0 Å². The predicted molar refractivity (Wildman–Crippen MR) is 72.1 cm³/mol. The highest BCUT2D eigenvalue weighted by Gasteiger charge is 2.29. The summed E-state index contributed by atoms with van der Waals surface area (Å²) in [5.74, 6) is 0.704. The van der Waals surface area contributed by atoms with Gasteiger partial charge >= 0.3 is 0 Å². The zero-order valence-corrected chi connectivity index (χ0v) is 11.1. The maximum absolute atomic E-state index is 11.9. The molecule has 2 rings (SSSR count). The second kappa shape index (κ2) is 5.61. The molecule has 1 aromatic rings. The average molecular weight is 259 g/mol. The molecule has 0 aromatic heterocycles. The Labute approximate surface area is 112 Å². The molecule has 1 aliphatic rings. The summed E-state index contributed by atoms with van der Waals surface area (Å²) < 4.78 is 5.20. The van der Waals surface area contributed by atoms with E-state index in [1.54, 1.807) is 19.2 Å². The summed E-state index contributed by atoms with van der Waals surface area (Å²) in [6.45, 7) is 3.26. The molecule has 0 radical (unpaired) electrons. The monoisotopic (exact) mass is 259 g/mol. The van der Waals surface area contributed by atoms with E-state index in [2.05, 4.69) is 11.4 Å².